The quantitative estimate of drug-likeness (QED) is 0.673. The maximum atomic E-state index is 13.0. The average molecular weight is 421 g/mol. The molecule has 2 aromatic rings. The molecule has 2 rings (SSSR count). The van der Waals surface area contributed by atoms with Gasteiger partial charge in [-0.3, -0.25) is 9.10 Å². The molecular weight excluding hydrogens is 392 g/mol. The fraction of sp³-hybridized carbons (Fsp3) is 0.381. The summed E-state index contributed by atoms with van der Waals surface area (Å²) in [5.41, 5.74) is 1.22. The average Bonchev–Trinajstić information content (AvgIpc) is 2.70. The standard InChI is InChI=1S/C21H28N2O5S/c1-6-15(2)22-21(24)17-12-19(27-3)20(28-4)13-18(17)23(29(5,25)26)14-16-10-8-7-9-11-16/h7-13,15H,6,14H2,1-5H3,(H,22,24)/t15-/m0/s1. The summed E-state index contributed by atoms with van der Waals surface area (Å²) in [7, 11) is -0.769. The molecule has 0 aliphatic carbocycles. The first-order valence-electron chi connectivity index (χ1n) is 9.29. The number of ether oxygens (including phenoxy) is 2. The number of anilines is 1. The third-order valence-corrected chi connectivity index (χ3v) is 5.70. The summed E-state index contributed by atoms with van der Waals surface area (Å²) >= 11 is 0. The van der Waals surface area contributed by atoms with Crippen LogP contribution in [0.1, 0.15) is 36.2 Å². The molecule has 29 heavy (non-hydrogen) atoms. The largest absolute Gasteiger partial charge is 0.493 e. The topological polar surface area (TPSA) is 84.9 Å². The highest BCUT2D eigenvalue weighted by Gasteiger charge is 2.27. The summed E-state index contributed by atoms with van der Waals surface area (Å²) < 4.78 is 37.2. The molecule has 1 atom stereocenters. The van der Waals surface area contributed by atoms with Gasteiger partial charge in [0.25, 0.3) is 5.91 Å². The lowest BCUT2D eigenvalue weighted by molar-refractivity contribution is 0.0939. The van der Waals surface area contributed by atoms with Crippen molar-refractivity contribution < 1.29 is 22.7 Å². The number of hydrogen-bond donors (Lipinski definition) is 1. The highest BCUT2D eigenvalue weighted by atomic mass is 32.2. The van der Waals surface area contributed by atoms with Crippen molar-refractivity contribution in [2.45, 2.75) is 32.9 Å². The van der Waals surface area contributed by atoms with E-state index in [0.717, 1.165) is 18.2 Å². The van der Waals surface area contributed by atoms with Crippen LogP contribution >= 0.6 is 0 Å². The molecule has 0 radical (unpaired) electrons. The highest BCUT2D eigenvalue weighted by molar-refractivity contribution is 7.92. The third-order valence-electron chi connectivity index (χ3n) is 4.57. The molecule has 8 heteroatoms. The Hall–Kier alpha value is -2.74. The van der Waals surface area contributed by atoms with Crippen LogP contribution in [0.4, 0.5) is 5.69 Å². The van der Waals surface area contributed by atoms with E-state index >= 15 is 0 Å². The van der Waals surface area contributed by atoms with Crippen LogP contribution in [0.25, 0.3) is 0 Å². The van der Waals surface area contributed by atoms with Gasteiger partial charge in [-0.25, -0.2) is 8.42 Å². The van der Waals surface area contributed by atoms with Crippen molar-refractivity contribution in [3.05, 3.63) is 53.6 Å². The number of methoxy groups -OCH3 is 2. The van der Waals surface area contributed by atoms with Crippen molar-refractivity contribution in [1.29, 1.82) is 0 Å². The van der Waals surface area contributed by atoms with E-state index in [-0.39, 0.29) is 29.7 Å². The second kappa shape index (κ2) is 9.65. The number of carbonyl (C=O) groups excluding carboxylic acids is 1. The smallest absolute Gasteiger partial charge is 0.253 e. The normalized spacial score (nSPS) is 12.2. The van der Waals surface area contributed by atoms with Crippen molar-refractivity contribution in [3.8, 4) is 11.5 Å². The molecule has 0 aliphatic rings. The fourth-order valence-corrected chi connectivity index (χ4v) is 3.68. The minimum absolute atomic E-state index is 0.0655. The fourth-order valence-electron chi connectivity index (χ4n) is 2.79. The molecule has 0 aromatic heterocycles. The molecule has 0 spiro atoms. The lowest BCUT2D eigenvalue weighted by Crippen LogP contribution is -2.35. The van der Waals surface area contributed by atoms with E-state index in [0.29, 0.717) is 11.5 Å². The number of sulfonamides is 1. The Labute approximate surface area is 172 Å². The molecule has 0 bridgehead atoms. The Kier molecular flexibility index (Phi) is 7.50. The van der Waals surface area contributed by atoms with Crippen LogP contribution in [0.15, 0.2) is 42.5 Å². The number of carbonyl (C=O) groups is 1. The van der Waals surface area contributed by atoms with Crippen LogP contribution in [-0.4, -0.2) is 40.8 Å². The summed E-state index contributed by atoms with van der Waals surface area (Å²) in [5.74, 6) is 0.306. The number of hydrogen-bond acceptors (Lipinski definition) is 5. The first kappa shape index (κ1) is 22.5. The molecule has 1 amide bonds. The molecule has 158 valence electrons. The van der Waals surface area contributed by atoms with E-state index in [1.165, 1.54) is 30.7 Å². The molecule has 2 aromatic carbocycles. The molecule has 0 saturated heterocycles. The maximum Gasteiger partial charge on any atom is 0.253 e. The summed E-state index contributed by atoms with van der Waals surface area (Å²) in [6.45, 7) is 3.92. The second-order valence-electron chi connectivity index (χ2n) is 6.76. The van der Waals surface area contributed by atoms with E-state index < -0.39 is 10.0 Å². The van der Waals surface area contributed by atoms with Crippen molar-refractivity contribution in [2.24, 2.45) is 0 Å². The van der Waals surface area contributed by atoms with Crippen molar-refractivity contribution in [2.75, 3.05) is 24.8 Å². The number of nitrogens with zero attached hydrogens (tertiary/aromatic N) is 1. The Balaban J connectivity index is 2.65. The highest BCUT2D eigenvalue weighted by Crippen LogP contribution is 2.37. The Morgan fingerprint density at radius 1 is 1.10 bits per heavy atom. The molecular formula is C21H28N2O5S. The van der Waals surface area contributed by atoms with Gasteiger partial charge in [0.15, 0.2) is 11.5 Å². The summed E-state index contributed by atoms with van der Waals surface area (Å²) in [5, 5.41) is 2.89. The van der Waals surface area contributed by atoms with Gasteiger partial charge >= 0.3 is 0 Å². The number of amides is 1. The first-order valence-corrected chi connectivity index (χ1v) is 11.1. The number of rotatable bonds is 9. The zero-order valence-electron chi connectivity index (χ0n) is 17.4. The van der Waals surface area contributed by atoms with Crippen LogP contribution in [0, 0.1) is 0 Å². The first-order chi connectivity index (χ1) is 13.7. The molecule has 7 nitrogen and oxygen atoms in total. The van der Waals surface area contributed by atoms with Gasteiger partial charge in [-0.15, -0.1) is 0 Å². The van der Waals surface area contributed by atoms with Crippen molar-refractivity contribution >= 4 is 21.6 Å². The maximum absolute atomic E-state index is 13.0. The number of nitrogens with one attached hydrogen (secondary N) is 1. The van der Waals surface area contributed by atoms with Gasteiger partial charge in [0.05, 0.1) is 38.3 Å². The van der Waals surface area contributed by atoms with Gasteiger partial charge < -0.3 is 14.8 Å². The van der Waals surface area contributed by atoms with Gasteiger partial charge in [-0.2, -0.15) is 0 Å². The Bertz CT molecular complexity index is 945. The van der Waals surface area contributed by atoms with Crippen molar-refractivity contribution in [1.82, 2.24) is 5.32 Å². The summed E-state index contributed by atoms with van der Waals surface area (Å²) in [6.07, 6.45) is 1.86. The molecule has 0 aliphatic heterocycles. The van der Waals surface area contributed by atoms with Crippen LogP contribution < -0.4 is 19.1 Å². The summed E-state index contributed by atoms with van der Waals surface area (Å²) in [6, 6.07) is 12.2. The van der Waals surface area contributed by atoms with Gasteiger partial charge in [-0.05, 0) is 25.0 Å². The second-order valence-corrected chi connectivity index (χ2v) is 8.67. The van der Waals surface area contributed by atoms with Crippen molar-refractivity contribution in [3.63, 3.8) is 0 Å². The van der Waals surface area contributed by atoms with Gasteiger partial charge in [0.2, 0.25) is 10.0 Å². The van der Waals surface area contributed by atoms with E-state index in [1.54, 1.807) is 0 Å². The van der Waals surface area contributed by atoms with Gasteiger partial charge in [0, 0.05) is 12.1 Å². The van der Waals surface area contributed by atoms with Crippen LogP contribution in [0.5, 0.6) is 11.5 Å². The minimum Gasteiger partial charge on any atom is -0.493 e. The Morgan fingerprint density at radius 3 is 2.21 bits per heavy atom. The lowest BCUT2D eigenvalue weighted by Gasteiger charge is -2.26. The lowest BCUT2D eigenvalue weighted by atomic mass is 10.1. The molecule has 0 fully saturated rings. The van der Waals surface area contributed by atoms with E-state index in [1.807, 2.05) is 44.2 Å². The predicted octanol–water partition coefficient (Wildman–Crippen LogP) is 3.20. The van der Waals surface area contributed by atoms with Crippen LogP contribution in [0.3, 0.4) is 0 Å². The Morgan fingerprint density at radius 2 is 1.69 bits per heavy atom. The van der Waals surface area contributed by atoms with Crippen LogP contribution in [0.2, 0.25) is 0 Å². The number of benzene rings is 2. The SMILES string of the molecule is CC[C@H](C)NC(=O)c1cc(OC)c(OC)cc1N(Cc1ccccc1)S(C)(=O)=O. The summed E-state index contributed by atoms with van der Waals surface area (Å²) in [4.78, 5) is 13.0. The predicted molar refractivity (Wildman–Crippen MR) is 114 cm³/mol. The zero-order chi connectivity index (χ0) is 21.6. The van der Waals surface area contributed by atoms with E-state index in [4.69, 9.17) is 9.47 Å². The monoisotopic (exact) mass is 420 g/mol. The molecule has 0 unspecified atom stereocenters. The third kappa shape index (κ3) is 5.63. The molecule has 1 N–H and O–H groups in total. The molecule has 0 saturated carbocycles. The van der Waals surface area contributed by atoms with E-state index in [9.17, 15) is 13.2 Å². The minimum atomic E-state index is -3.69. The van der Waals surface area contributed by atoms with E-state index in [2.05, 4.69) is 5.32 Å². The molecule has 0 heterocycles. The zero-order valence-corrected chi connectivity index (χ0v) is 18.2. The van der Waals surface area contributed by atoms with Crippen LogP contribution in [-0.2, 0) is 16.6 Å². The van der Waals surface area contributed by atoms with Gasteiger partial charge in [-0.1, -0.05) is 37.3 Å². The van der Waals surface area contributed by atoms with Gasteiger partial charge in [0.1, 0.15) is 0 Å².